The highest BCUT2D eigenvalue weighted by Gasteiger charge is 2.10. The van der Waals surface area contributed by atoms with Gasteiger partial charge in [0.2, 0.25) is 0 Å². The summed E-state index contributed by atoms with van der Waals surface area (Å²) < 4.78 is 5.62. The van der Waals surface area contributed by atoms with E-state index in [4.69, 9.17) is 27.9 Å². The second-order valence-corrected chi connectivity index (χ2v) is 6.90. The van der Waals surface area contributed by atoms with Crippen LogP contribution in [0.3, 0.4) is 0 Å². The fourth-order valence-electron chi connectivity index (χ4n) is 1.98. The van der Waals surface area contributed by atoms with Crippen molar-refractivity contribution in [3.05, 3.63) is 63.1 Å². The van der Waals surface area contributed by atoms with Crippen molar-refractivity contribution in [1.29, 1.82) is 0 Å². The highest BCUT2D eigenvalue weighted by atomic mass is 35.5. The average Bonchev–Trinajstić information content (AvgIpc) is 2.54. The molecule has 0 aliphatic rings. The number of aryl methyl sites for hydroxylation is 1. The summed E-state index contributed by atoms with van der Waals surface area (Å²) in [6, 6.07) is 10.6. The van der Waals surface area contributed by atoms with Crippen LogP contribution in [0.4, 0.5) is 0 Å². The summed E-state index contributed by atoms with van der Waals surface area (Å²) in [6.07, 6.45) is 1.48. The molecule has 132 valence electrons. The molecule has 0 aromatic heterocycles. The first-order chi connectivity index (χ1) is 11.9. The van der Waals surface area contributed by atoms with Gasteiger partial charge in [-0.1, -0.05) is 54.7 Å². The summed E-state index contributed by atoms with van der Waals surface area (Å²) in [5.74, 6) is 0.536. The summed E-state index contributed by atoms with van der Waals surface area (Å²) in [6.45, 7) is 6.57. The zero-order chi connectivity index (χ0) is 18.4. The number of hydrazone groups is 1. The molecule has 0 bridgehead atoms. The number of hydrogen-bond acceptors (Lipinski definition) is 3. The monoisotopic (exact) mass is 378 g/mol. The Morgan fingerprint density at radius 3 is 2.36 bits per heavy atom. The molecule has 0 atom stereocenters. The highest BCUT2D eigenvalue weighted by molar-refractivity contribution is 6.37. The van der Waals surface area contributed by atoms with Crippen molar-refractivity contribution < 1.29 is 9.53 Å². The lowest BCUT2D eigenvalue weighted by Gasteiger charge is -2.12. The fourth-order valence-corrected chi connectivity index (χ4v) is 2.59. The van der Waals surface area contributed by atoms with Gasteiger partial charge in [0.25, 0.3) is 5.91 Å². The van der Waals surface area contributed by atoms with Crippen LogP contribution in [0.1, 0.15) is 35.3 Å². The van der Waals surface area contributed by atoms with Crippen LogP contribution in [-0.2, 0) is 0 Å². The van der Waals surface area contributed by atoms with E-state index in [1.165, 1.54) is 6.21 Å². The molecule has 2 rings (SSSR count). The number of carbonyl (C=O) groups is 1. The quantitative estimate of drug-likeness (QED) is 0.561. The number of amides is 1. The summed E-state index contributed by atoms with van der Waals surface area (Å²) in [5.41, 5.74) is 4.76. The van der Waals surface area contributed by atoms with Crippen molar-refractivity contribution in [2.45, 2.75) is 20.8 Å². The summed E-state index contributed by atoms with van der Waals surface area (Å²) in [5, 5.41) is 4.75. The first-order valence-electron chi connectivity index (χ1n) is 7.88. The van der Waals surface area contributed by atoms with Crippen LogP contribution in [0, 0.1) is 12.8 Å². The Kier molecular flexibility index (Phi) is 6.85. The second kappa shape index (κ2) is 8.88. The normalized spacial score (nSPS) is 11.1. The van der Waals surface area contributed by atoms with E-state index in [-0.39, 0.29) is 5.91 Å². The molecule has 2 aromatic rings. The minimum atomic E-state index is -0.287. The molecule has 0 saturated carbocycles. The largest absolute Gasteiger partial charge is 0.490 e. The zero-order valence-electron chi connectivity index (χ0n) is 14.3. The lowest BCUT2D eigenvalue weighted by molar-refractivity contribution is 0.0955. The Morgan fingerprint density at radius 1 is 1.20 bits per heavy atom. The second-order valence-electron chi connectivity index (χ2n) is 6.08. The first-order valence-corrected chi connectivity index (χ1v) is 8.64. The lowest BCUT2D eigenvalue weighted by Crippen LogP contribution is -2.17. The summed E-state index contributed by atoms with van der Waals surface area (Å²) in [7, 11) is 0. The van der Waals surface area contributed by atoms with Crippen LogP contribution < -0.4 is 10.2 Å². The molecular formula is C19H20Cl2N2O2. The minimum Gasteiger partial charge on any atom is -0.490 e. The highest BCUT2D eigenvalue weighted by Crippen LogP contribution is 2.34. The van der Waals surface area contributed by atoms with Crippen molar-refractivity contribution >= 4 is 35.3 Å². The molecule has 6 heteroatoms. The Balaban J connectivity index is 2.03. The molecule has 1 amide bonds. The molecule has 2 aromatic carbocycles. The van der Waals surface area contributed by atoms with Crippen LogP contribution in [-0.4, -0.2) is 18.7 Å². The van der Waals surface area contributed by atoms with E-state index in [1.54, 1.807) is 24.3 Å². The maximum atomic E-state index is 12.0. The molecule has 0 heterocycles. The van der Waals surface area contributed by atoms with Gasteiger partial charge >= 0.3 is 0 Å². The Bertz CT molecular complexity index is 748. The molecule has 0 unspecified atom stereocenters. The Labute approximate surface area is 157 Å². The molecule has 0 aliphatic carbocycles. The van der Waals surface area contributed by atoms with Crippen molar-refractivity contribution in [2.24, 2.45) is 11.0 Å². The van der Waals surface area contributed by atoms with Gasteiger partial charge in [-0.2, -0.15) is 5.10 Å². The maximum Gasteiger partial charge on any atom is 0.271 e. The van der Waals surface area contributed by atoms with Gasteiger partial charge in [0.1, 0.15) is 0 Å². The third kappa shape index (κ3) is 5.76. The topological polar surface area (TPSA) is 50.7 Å². The van der Waals surface area contributed by atoms with Crippen LogP contribution in [0.5, 0.6) is 5.75 Å². The average molecular weight is 379 g/mol. The number of benzene rings is 2. The molecule has 4 nitrogen and oxygen atoms in total. The number of halogens is 2. The standard InChI is InChI=1S/C19H20Cl2N2O2/c1-12(2)11-25-18-16(20)8-14(9-17(18)21)10-22-23-19(24)15-6-4-13(3)5-7-15/h4-10,12H,11H2,1-3H3,(H,23,24)/b22-10-. The predicted molar refractivity (Wildman–Crippen MR) is 103 cm³/mol. The first kappa shape index (κ1) is 19.3. The third-order valence-electron chi connectivity index (χ3n) is 3.28. The van der Waals surface area contributed by atoms with Gasteiger partial charge in [0.15, 0.2) is 5.75 Å². The van der Waals surface area contributed by atoms with Gasteiger partial charge in [0.05, 0.1) is 22.9 Å². The zero-order valence-corrected chi connectivity index (χ0v) is 15.9. The van der Waals surface area contributed by atoms with E-state index in [1.807, 2.05) is 32.9 Å². The van der Waals surface area contributed by atoms with Gasteiger partial charge in [-0.25, -0.2) is 5.43 Å². The van der Waals surface area contributed by atoms with Gasteiger partial charge < -0.3 is 4.74 Å². The minimum absolute atomic E-state index is 0.287. The van der Waals surface area contributed by atoms with Crippen molar-refractivity contribution in [2.75, 3.05) is 6.61 Å². The molecule has 0 aliphatic heterocycles. The van der Waals surface area contributed by atoms with Crippen LogP contribution >= 0.6 is 23.2 Å². The number of ether oxygens (including phenoxy) is 1. The van der Waals surface area contributed by atoms with E-state index < -0.39 is 0 Å². The SMILES string of the molecule is Cc1ccc(C(=O)N/N=C\c2cc(Cl)c(OCC(C)C)c(Cl)c2)cc1. The number of nitrogens with zero attached hydrogens (tertiary/aromatic N) is 1. The molecule has 0 saturated heterocycles. The molecule has 1 N–H and O–H groups in total. The Morgan fingerprint density at radius 2 is 1.80 bits per heavy atom. The van der Waals surface area contributed by atoms with Crippen LogP contribution in [0.25, 0.3) is 0 Å². The predicted octanol–water partition coefficient (Wildman–Crippen LogP) is 5.10. The van der Waals surface area contributed by atoms with Crippen molar-refractivity contribution in [3.63, 3.8) is 0 Å². The maximum absolute atomic E-state index is 12.0. The van der Waals surface area contributed by atoms with Crippen LogP contribution in [0.15, 0.2) is 41.5 Å². The van der Waals surface area contributed by atoms with E-state index >= 15 is 0 Å². The number of carbonyl (C=O) groups excluding carboxylic acids is 1. The molecule has 0 spiro atoms. The molecule has 0 fully saturated rings. The number of nitrogens with one attached hydrogen (secondary N) is 1. The molecule has 0 radical (unpaired) electrons. The molecule has 25 heavy (non-hydrogen) atoms. The number of rotatable bonds is 6. The van der Waals surface area contributed by atoms with Gasteiger partial charge in [-0.15, -0.1) is 0 Å². The van der Waals surface area contributed by atoms with Gasteiger partial charge in [-0.05, 0) is 42.7 Å². The van der Waals surface area contributed by atoms with Gasteiger partial charge in [0, 0.05) is 5.56 Å². The smallest absolute Gasteiger partial charge is 0.271 e. The van der Waals surface area contributed by atoms with E-state index in [2.05, 4.69) is 10.5 Å². The van der Waals surface area contributed by atoms with Crippen molar-refractivity contribution in [1.82, 2.24) is 5.43 Å². The summed E-state index contributed by atoms with van der Waals surface area (Å²) in [4.78, 5) is 12.0. The summed E-state index contributed by atoms with van der Waals surface area (Å²) >= 11 is 12.4. The fraction of sp³-hybridized carbons (Fsp3) is 0.263. The van der Waals surface area contributed by atoms with E-state index in [0.29, 0.717) is 39.4 Å². The van der Waals surface area contributed by atoms with Crippen molar-refractivity contribution in [3.8, 4) is 5.75 Å². The van der Waals surface area contributed by atoms with Crippen LogP contribution in [0.2, 0.25) is 10.0 Å². The third-order valence-corrected chi connectivity index (χ3v) is 3.84. The molecular weight excluding hydrogens is 359 g/mol. The van der Waals surface area contributed by atoms with Gasteiger partial charge in [-0.3, -0.25) is 4.79 Å². The lowest BCUT2D eigenvalue weighted by atomic mass is 10.1. The number of hydrogen-bond donors (Lipinski definition) is 1. The Hall–Kier alpha value is -2.04. The van der Waals surface area contributed by atoms with E-state index in [0.717, 1.165) is 5.56 Å². The van der Waals surface area contributed by atoms with E-state index in [9.17, 15) is 4.79 Å².